The van der Waals surface area contributed by atoms with Gasteiger partial charge in [-0.1, -0.05) is 23.4 Å². The minimum atomic E-state index is -0.372. The molecule has 1 N–H and O–H groups in total. The number of nitrogens with zero attached hydrogens (tertiary/aromatic N) is 4. The highest BCUT2D eigenvalue weighted by molar-refractivity contribution is 5.39. The number of hydrogen-bond acceptors (Lipinski definition) is 5. The van der Waals surface area contributed by atoms with Gasteiger partial charge in [-0.05, 0) is 0 Å². The lowest BCUT2D eigenvalue weighted by atomic mass is 10.2. The predicted molar refractivity (Wildman–Crippen MR) is 64.6 cm³/mol. The zero-order valence-corrected chi connectivity index (χ0v) is 9.91. The van der Waals surface area contributed by atoms with Crippen molar-refractivity contribution in [2.24, 2.45) is 7.05 Å². The first kappa shape index (κ1) is 12.2. The molecule has 0 spiro atoms. The molecule has 2 aromatic rings. The number of para-hydroxylation sites is 1. The maximum Gasteiger partial charge on any atom is 0.273 e. The Balaban J connectivity index is 1.99. The lowest BCUT2D eigenvalue weighted by molar-refractivity contribution is -0.385. The molecule has 0 aliphatic carbocycles. The van der Waals surface area contributed by atoms with E-state index < -0.39 is 0 Å². The third-order valence-corrected chi connectivity index (χ3v) is 2.62. The average Bonchev–Trinajstić information content (AvgIpc) is 2.76. The van der Waals surface area contributed by atoms with Crippen LogP contribution in [0.15, 0.2) is 30.5 Å². The van der Waals surface area contributed by atoms with Crippen LogP contribution in [-0.4, -0.2) is 19.9 Å². The van der Waals surface area contributed by atoms with Crippen LogP contribution >= 0.6 is 0 Å². The van der Waals surface area contributed by atoms with Crippen molar-refractivity contribution in [2.45, 2.75) is 13.1 Å². The molecular formula is C11H13N5O2. The Bertz CT molecular complexity index is 552. The van der Waals surface area contributed by atoms with E-state index in [9.17, 15) is 10.1 Å². The Morgan fingerprint density at radius 1 is 1.39 bits per heavy atom. The number of benzene rings is 1. The van der Waals surface area contributed by atoms with Crippen molar-refractivity contribution in [2.75, 3.05) is 0 Å². The first-order chi connectivity index (χ1) is 8.68. The van der Waals surface area contributed by atoms with Crippen molar-refractivity contribution in [3.63, 3.8) is 0 Å². The summed E-state index contributed by atoms with van der Waals surface area (Å²) >= 11 is 0. The molecule has 0 saturated heterocycles. The van der Waals surface area contributed by atoms with E-state index in [1.165, 1.54) is 6.07 Å². The summed E-state index contributed by atoms with van der Waals surface area (Å²) in [6, 6.07) is 6.69. The van der Waals surface area contributed by atoms with E-state index in [2.05, 4.69) is 15.6 Å². The molecule has 0 radical (unpaired) electrons. The van der Waals surface area contributed by atoms with Gasteiger partial charge in [0.2, 0.25) is 0 Å². The van der Waals surface area contributed by atoms with Gasteiger partial charge in [-0.15, -0.1) is 5.10 Å². The van der Waals surface area contributed by atoms with Crippen LogP contribution in [0.25, 0.3) is 0 Å². The number of rotatable bonds is 5. The van der Waals surface area contributed by atoms with E-state index >= 15 is 0 Å². The molecule has 18 heavy (non-hydrogen) atoms. The molecule has 0 amide bonds. The number of aromatic nitrogens is 3. The summed E-state index contributed by atoms with van der Waals surface area (Å²) in [4.78, 5) is 10.4. The van der Waals surface area contributed by atoms with E-state index in [1.807, 2.05) is 0 Å². The molecule has 0 unspecified atom stereocenters. The molecule has 1 aromatic carbocycles. The van der Waals surface area contributed by atoms with Gasteiger partial charge in [-0.2, -0.15) is 0 Å². The first-order valence-electron chi connectivity index (χ1n) is 5.45. The summed E-state index contributed by atoms with van der Waals surface area (Å²) in [7, 11) is 1.80. The summed E-state index contributed by atoms with van der Waals surface area (Å²) in [6.07, 6.45) is 1.66. The minimum absolute atomic E-state index is 0.133. The molecule has 2 rings (SSSR count). The van der Waals surface area contributed by atoms with Crippen LogP contribution in [0.1, 0.15) is 11.3 Å². The van der Waals surface area contributed by atoms with Gasteiger partial charge in [0.1, 0.15) is 0 Å². The molecule has 0 atom stereocenters. The molecule has 0 aliphatic rings. The molecule has 0 saturated carbocycles. The van der Waals surface area contributed by atoms with Crippen molar-refractivity contribution in [1.82, 2.24) is 20.3 Å². The zero-order valence-electron chi connectivity index (χ0n) is 9.91. The maximum atomic E-state index is 10.8. The van der Waals surface area contributed by atoms with E-state index in [1.54, 1.807) is 36.1 Å². The Labute approximate surface area is 104 Å². The molecule has 0 fully saturated rings. The smallest absolute Gasteiger partial charge is 0.273 e. The Morgan fingerprint density at radius 2 is 2.17 bits per heavy atom. The topological polar surface area (TPSA) is 85.9 Å². The number of hydrogen-bond donors (Lipinski definition) is 1. The molecule has 1 heterocycles. The number of nitro benzene ring substituents is 1. The van der Waals surface area contributed by atoms with Crippen LogP contribution in [-0.2, 0) is 20.1 Å². The van der Waals surface area contributed by atoms with Gasteiger partial charge in [0.05, 0.1) is 16.8 Å². The third kappa shape index (κ3) is 2.69. The van der Waals surface area contributed by atoms with Crippen LogP contribution < -0.4 is 5.32 Å². The lowest BCUT2D eigenvalue weighted by Gasteiger charge is -2.05. The van der Waals surface area contributed by atoms with E-state index in [0.717, 1.165) is 5.69 Å². The maximum absolute atomic E-state index is 10.8. The van der Waals surface area contributed by atoms with E-state index in [-0.39, 0.29) is 10.6 Å². The monoisotopic (exact) mass is 247 g/mol. The Hall–Kier alpha value is -2.28. The van der Waals surface area contributed by atoms with Crippen LogP contribution in [0.4, 0.5) is 5.69 Å². The van der Waals surface area contributed by atoms with Crippen molar-refractivity contribution in [3.05, 3.63) is 51.8 Å². The van der Waals surface area contributed by atoms with Gasteiger partial charge >= 0.3 is 0 Å². The fraction of sp³-hybridized carbons (Fsp3) is 0.273. The third-order valence-electron chi connectivity index (χ3n) is 2.62. The largest absolute Gasteiger partial charge is 0.307 e. The quantitative estimate of drug-likeness (QED) is 0.629. The first-order valence-corrected chi connectivity index (χ1v) is 5.45. The van der Waals surface area contributed by atoms with Gasteiger partial charge < -0.3 is 5.32 Å². The highest BCUT2D eigenvalue weighted by Gasteiger charge is 2.11. The highest BCUT2D eigenvalue weighted by atomic mass is 16.6. The van der Waals surface area contributed by atoms with E-state index in [0.29, 0.717) is 18.7 Å². The van der Waals surface area contributed by atoms with Crippen LogP contribution in [0.3, 0.4) is 0 Å². The van der Waals surface area contributed by atoms with Gasteiger partial charge in [-0.3, -0.25) is 14.8 Å². The summed E-state index contributed by atoms with van der Waals surface area (Å²) in [5, 5.41) is 21.5. The van der Waals surface area contributed by atoms with Gasteiger partial charge in [-0.25, -0.2) is 0 Å². The van der Waals surface area contributed by atoms with E-state index in [4.69, 9.17) is 0 Å². The summed E-state index contributed by atoms with van der Waals surface area (Å²) in [6.45, 7) is 0.998. The second-order valence-electron chi connectivity index (χ2n) is 3.84. The summed E-state index contributed by atoms with van der Waals surface area (Å²) in [5.74, 6) is 0. The SMILES string of the molecule is Cn1nncc1CNCc1ccccc1[N+](=O)[O-]. The molecular weight excluding hydrogens is 234 g/mol. The van der Waals surface area contributed by atoms with Gasteiger partial charge in [0.15, 0.2) is 0 Å². The van der Waals surface area contributed by atoms with Crippen LogP contribution in [0.5, 0.6) is 0 Å². The Kier molecular flexibility index (Phi) is 3.63. The standard InChI is InChI=1S/C11H13N5O2/c1-15-10(8-13-14-15)7-12-6-9-4-2-3-5-11(9)16(17)18/h2-5,8,12H,6-7H2,1H3. The summed E-state index contributed by atoms with van der Waals surface area (Å²) < 4.78 is 1.66. The van der Waals surface area contributed by atoms with Crippen LogP contribution in [0.2, 0.25) is 0 Å². The van der Waals surface area contributed by atoms with Crippen molar-refractivity contribution < 1.29 is 4.92 Å². The molecule has 7 nitrogen and oxygen atoms in total. The fourth-order valence-electron chi connectivity index (χ4n) is 1.63. The zero-order chi connectivity index (χ0) is 13.0. The molecule has 0 bridgehead atoms. The van der Waals surface area contributed by atoms with Gasteiger partial charge in [0, 0.05) is 31.8 Å². The van der Waals surface area contributed by atoms with Crippen molar-refractivity contribution in [3.8, 4) is 0 Å². The predicted octanol–water partition coefficient (Wildman–Crippen LogP) is 1.01. The van der Waals surface area contributed by atoms with Gasteiger partial charge in [0.25, 0.3) is 5.69 Å². The second kappa shape index (κ2) is 5.37. The summed E-state index contributed by atoms with van der Waals surface area (Å²) in [5.41, 5.74) is 1.72. The van der Waals surface area contributed by atoms with Crippen LogP contribution in [0, 0.1) is 10.1 Å². The number of nitro groups is 1. The molecule has 94 valence electrons. The van der Waals surface area contributed by atoms with Crippen molar-refractivity contribution >= 4 is 5.69 Å². The number of nitrogens with one attached hydrogen (secondary N) is 1. The fourth-order valence-corrected chi connectivity index (χ4v) is 1.63. The normalized spacial score (nSPS) is 10.5. The molecule has 7 heteroatoms. The van der Waals surface area contributed by atoms with Crippen molar-refractivity contribution in [1.29, 1.82) is 0 Å². The number of aryl methyl sites for hydroxylation is 1. The molecule has 1 aromatic heterocycles. The highest BCUT2D eigenvalue weighted by Crippen LogP contribution is 2.17. The Morgan fingerprint density at radius 3 is 2.83 bits per heavy atom. The average molecular weight is 247 g/mol. The lowest BCUT2D eigenvalue weighted by Crippen LogP contribution is -2.16. The minimum Gasteiger partial charge on any atom is -0.307 e. The second-order valence-corrected chi connectivity index (χ2v) is 3.84. The molecule has 0 aliphatic heterocycles.